The number of carbonyl (C=O) groups excluding carboxylic acids is 3. The van der Waals surface area contributed by atoms with Crippen LogP contribution in [0.2, 0.25) is 0 Å². The van der Waals surface area contributed by atoms with E-state index in [4.69, 9.17) is 14.2 Å². The number of esters is 3. The average Bonchev–Trinajstić information content (AvgIpc) is 3.34. The highest BCUT2D eigenvalue weighted by molar-refractivity contribution is 5.71. The molecule has 0 saturated carbocycles. The summed E-state index contributed by atoms with van der Waals surface area (Å²) in [5.74, 6) is -1.00. The largest absolute Gasteiger partial charge is 0.462 e. The Morgan fingerprint density at radius 3 is 1.01 bits per heavy atom. The predicted octanol–water partition coefficient (Wildman–Crippen LogP) is 18.9. The van der Waals surface area contributed by atoms with E-state index in [0.717, 1.165) is 103 Å². The Morgan fingerprint density at radius 1 is 0.309 bits per heavy atom. The SMILES string of the molecule is CC/C=C\C/C=C\C/C=C\C/C=C\C/C=C\C/C=C\CCC(=O)OCC(COC(=O)CCCCCCC/C=C\C/C=C\CCCCC)OC(=O)CCCCCCCCCCCCCCCCCC. The lowest BCUT2D eigenvalue weighted by Crippen LogP contribution is -2.30. The third-order valence-corrected chi connectivity index (χ3v) is 11.8. The molecule has 0 bridgehead atoms. The summed E-state index contributed by atoms with van der Waals surface area (Å²) in [5.41, 5.74) is 0. The van der Waals surface area contributed by atoms with Crippen LogP contribution in [0.5, 0.6) is 0 Å². The second-order valence-electron chi connectivity index (χ2n) is 18.5. The summed E-state index contributed by atoms with van der Waals surface area (Å²) in [4.78, 5) is 38.1. The van der Waals surface area contributed by atoms with Gasteiger partial charge in [-0.15, -0.1) is 0 Å². The van der Waals surface area contributed by atoms with E-state index in [-0.39, 0.29) is 37.5 Å². The normalized spacial score (nSPS) is 12.8. The van der Waals surface area contributed by atoms with Gasteiger partial charge in [0.25, 0.3) is 0 Å². The van der Waals surface area contributed by atoms with Gasteiger partial charge < -0.3 is 14.2 Å². The van der Waals surface area contributed by atoms with Crippen molar-refractivity contribution >= 4 is 17.9 Å². The zero-order valence-corrected chi connectivity index (χ0v) is 44.3. The topological polar surface area (TPSA) is 78.9 Å². The molecule has 0 aliphatic rings. The molecule has 0 rings (SSSR count). The molecule has 388 valence electrons. The van der Waals surface area contributed by atoms with Gasteiger partial charge in [0.05, 0.1) is 0 Å². The summed E-state index contributed by atoms with van der Waals surface area (Å²) in [6, 6.07) is 0. The summed E-state index contributed by atoms with van der Waals surface area (Å²) in [6.45, 7) is 6.43. The molecule has 68 heavy (non-hydrogen) atoms. The third kappa shape index (κ3) is 53.3. The van der Waals surface area contributed by atoms with Gasteiger partial charge in [-0.05, 0) is 89.9 Å². The number of carbonyl (C=O) groups is 3. The Morgan fingerprint density at radius 2 is 0.603 bits per heavy atom. The van der Waals surface area contributed by atoms with Crippen LogP contribution in [-0.2, 0) is 28.6 Å². The Labute approximate surface area is 419 Å². The molecular weight excluding hydrogens is 841 g/mol. The van der Waals surface area contributed by atoms with Crippen LogP contribution in [0.15, 0.2) is 97.2 Å². The van der Waals surface area contributed by atoms with Crippen molar-refractivity contribution in [3.63, 3.8) is 0 Å². The Kier molecular flexibility index (Phi) is 52.9. The van der Waals surface area contributed by atoms with Gasteiger partial charge in [0.15, 0.2) is 6.10 Å². The molecule has 0 radical (unpaired) electrons. The van der Waals surface area contributed by atoms with Crippen LogP contribution in [0.1, 0.15) is 258 Å². The molecule has 1 atom stereocenters. The van der Waals surface area contributed by atoms with Crippen molar-refractivity contribution < 1.29 is 28.6 Å². The first-order valence-electron chi connectivity index (χ1n) is 28.2. The molecule has 0 heterocycles. The minimum absolute atomic E-state index is 0.107. The second kappa shape index (κ2) is 55.9. The number of hydrogen-bond donors (Lipinski definition) is 0. The highest BCUT2D eigenvalue weighted by Gasteiger charge is 2.19. The first kappa shape index (κ1) is 64.3. The molecule has 0 aliphatic carbocycles. The number of hydrogen-bond acceptors (Lipinski definition) is 6. The predicted molar refractivity (Wildman–Crippen MR) is 293 cm³/mol. The van der Waals surface area contributed by atoms with Gasteiger partial charge in [-0.3, -0.25) is 14.4 Å². The zero-order chi connectivity index (χ0) is 49.3. The van der Waals surface area contributed by atoms with Gasteiger partial charge in [0, 0.05) is 19.3 Å². The molecular formula is C62H104O6. The molecule has 0 amide bonds. The molecule has 0 aliphatic heterocycles. The van der Waals surface area contributed by atoms with Gasteiger partial charge in [-0.1, -0.05) is 246 Å². The van der Waals surface area contributed by atoms with Crippen LogP contribution in [-0.4, -0.2) is 37.2 Å². The lowest BCUT2D eigenvalue weighted by atomic mass is 10.0. The van der Waals surface area contributed by atoms with Crippen molar-refractivity contribution in [1.29, 1.82) is 0 Å². The van der Waals surface area contributed by atoms with E-state index in [1.807, 2.05) is 6.08 Å². The van der Waals surface area contributed by atoms with Crippen molar-refractivity contribution in [1.82, 2.24) is 0 Å². The van der Waals surface area contributed by atoms with Gasteiger partial charge in [0.2, 0.25) is 0 Å². The average molecular weight is 946 g/mol. The third-order valence-electron chi connectivity index (χ3n) is 11.8. The maximum absolute atomic E-state index is 12.8. The number of unbranched alkanes of at least 4 members (excludes halogenated alkanes) is 23. The Hall–Kier alpha value is -3.67. The first-order chi connectivity index (χ1) is 33.5. The molecule has 0 N–H and O–H groups in total. The Balaban J connectivity index is 4.51. The van der Waals surface area contributed by atoms with Gasteiger partial charge in [-0.2, -0.15) is 0 Å². The molecule has 6 heteroatoms. The van der Waals surface area contributed by atoms with Crippen molar-refractivity contribution in [2.45, 2.75) is 264 Å². The van der Waals surface area contributed by atoms with Crippen LogP contribution in [0.25, 0.3) is 0 Å². The number of rotatable bonds is 50. The minimum atomic E-state index is -0.813. The minimum Gasteiger partial charge on any atom is -0.462 e. The first-order valence-corrected chi connectivity index (χ1v) is 28.2. The zero-order valence-electron chi connectivity index (χ0n) is 44.3. The van der Waals surface area contributed by atoms with E-state index in [9.17, 15) is 14.4 Å². The van der Waals surface area contributed by atoms with Crippen molar-refractivity contribution in [3.8, 4) is 0 Å². The van der Waals surface area contributed by atoms with Gasteiger partial charge in [-0.25, -0.2) is 0 Å². The van der Waals surface area contributed by atoms with E-state index in [1.165, 1.54) is 109 Å². The summed E-state index contributed by atoms with van der Waals surface area (Å²) < 4.78 is 16.8. The smallest absolute Gasteiger partial charge is 0.306 e. The molecule has 0 spiro atoms. The maximum Gasteiger partial charge on any atom is 0.306 e. The fourth-order valence-corrected chi connectivity index (χ4v) is 7.62. The molecule has 0 aromatic heterocycles. The molecule has 0 aromatic carbocycles. The van der Waals surface area contributed by atoms with Crippen LogP contribution in [0.3, 0.4) is 0 Å². The van der Waals surface area contributed by atoms with Crippen LogP contribution < -0.4 is 0 Å². The fourth-order valence-electron chi connectivity index (χ4n) is 7.62. The van der Waals surface area contributed by atoms with Crippen LogP contribution in [0.4, 0.5) is 0 Å². The molecule has 0 saturated heterocycles. The van der Waals surface area contributed by atoms with E-state index in [2.05, 4.69) is 112 Å². The van der Waals surface area contributed by atoms with E-state index < -0.39 is 6.10 Å². The lowest BCUT2D eigenvalue weighted by molar-refractivity contribution is -0.166. The molecule has 6 nitrogen and oxygen atoms in total. The van der Waals surface area contributed by atoms with Gasteiger partial charge in [0.1, 0.15) is 13.2 Å². The standard InChI is InChI=1S/C62H104O6/c1-4-7-10-13-16-19-22-25-28-30-31-32-35-37-40-43-46-49-52-55-61(64)67-58-59(57-66-60(63)54-51-48-45-42-39-36-33-27-24-21-18-15-12-9-6-3)68-62(65)56-53-50-47-44-41-38-34-29-26-23-20-17-14-11-8-5-2/h7,10,16,18-19,21,25,27-28,31-33,37,40,46,49,59H,4-6,8-9,11-15,17,20,22-24,26,29-30,34-36,38-39,41-45,47-48,50-58H2,1-3H3/b10-7-,19-16-,21-18-,28-25-,32-31-,33-27-,40-37-,49-46-. The van der Waals surface area contributed by atoms with Crippen LogP contribution >= 0.6 is 0 Å². The van der Waals surface area contributed by atoms with Crippen molar-refractivity contribution in [2.24, 2.45) is 0 Å². The van der Waals surface area contributed by atoms with E-state index in [1.54, 1.807) is 0 Å². The second-order valence-corrected chi connectivity index (χ2v) is 18.5. The quantitative estimate of drug-likeness (QED) is 0.0262. The highest BCUT2D eigenvalue weighted by atomic mass is 16.6. The van der Waals surface area contributed by atoms with Crippen molar-refractivity contribution in [2.75, 3.05) is 13.2 Å². The maximum atomic E-state index is 12.8. The summed E-state index contributed by atoms with van der Waals surface area (Å²) in [6.07, 6.45) is 74.0. The summed E-state index contributed by atoms with van der Waals surface area (Å²) in [5, 5.41) is 0. The highest BCUT2D eigenvalue weighted by Crippen LogP contribution is 2.15. The van der Waals surface area contributed by atoms with Crippen molar-refractivity contribution in [3.05, 3.63) is 97.2 Å². The molecule has 1 unspecified atom stereocenters. The summed E-state index contributed by atoms with van der Waals surface area (Å²) >= 11 is 0. The lowest BCUT2D eigenvalue weighted by Gasteiger charge is -2.18. The van der Waals surface area contributed by atoms with Crippen LogP contribution in [0, 0.1) is 0 Å². The fraction of sp³-hybridized carbons (Fsp3) is 0.694. The number of ether oxygens (including phenoxy) is 3. The molecule has 0 fully saturated rings. The molecule has 0 aromatic rings. The monoisotopic (exact) mass is 945 g/mol. The Bertz CT molecular complexity index is 1360. The number of allylic oxidation sites excluding steroid dienone is 16. The van der Waals surface area contributed by atoms with E-state index in [0.29, 0.717) is 19.3 Å². The van der Waals surface area contributed by atoms with Gasteiger partial charge >= 0.3 is 17.9 Å². The summed E-state index contributed by atoms with van der Waals surface area (Å²) in [7, 11) is 0. The van der Waals surface area contributed by atoms with E-state index >= 15 is 0 Å².